The maximum Gasteiger partial charge on any atom is 0.161 e. The molecule has 6 aromatic rings. The van der Waals surface area contributed by atoms with E-state index in [2.05, 4.69) is 35.5 Å². The third kappa shape index (κ3) is 4.07. The minimum Gasteiger partial charge on any atom is -0.489 e. The minimum atomic E-state index is 0.202. The summed E-state index contributed by atoms with van der Waals surface area (Å²) in [7, 11) is 0. The lowest BCUT2D eigenvalue weighted by atomic mass is 10.1. The number of fused-ring (bicyclic) bond motifs is 2. The van der Waals surface area contributed by atoms with Crippen LogP contribution >= 0.6 is 0 Å². The zero-order valence-corrected chi connectivity index (χ0v) is 19.8. The maximum absolute atomic E-state index is 6.19. The van der Waals surface area contributed by atoms with E-state index in [-0.39, 0.29) is 6.10 Å². The first-order valence-electron chi connectivity index (χ1n) is 12.3. The predicted molar refractivity (Wildman–Crippen MR) is 140 cm³/mol. The van der Waals surface area contributed by atoms with E-state index in [1.54, 1.807) is 24.8 Å². The summed E-state index contributed by atoms with van der Waals surface area (Å²) in [6.45, 7) is 1.95. The molecule has 10 heteroatoms. The van der Waals surface area contributed by atoms with Crippen molar-refractivity contribution in [2.75, 3.05) is 13.1 Å². The molecular weight excluding hydrogens is 466 g/mol. The standard InChI is InChI=1S/C27H23N9O/c1-2-9-30-20(3-1)23-24-21(8-12-31-23)33-27(34-24)26-25-22(35-36-26)5-4-19(32-25)16-13-18(15-29-14-16)37-17-6-10-28-11-7-17/h1-5,8-9,12-15,17,28H,6-7,10-11H2,(H,33,34)(H,35,36). The van der Waals surface area contributed by atoms with Crippen LogP contribution in [0.15, 0.2) is 67.3 Å². The van der Waals surface area contributed by atoms with E-state index in [4.69, 9.17) is 14.7 Å². The number of hydrogen-bond donors (Lipinski definition) is 3. The number of aromatic nitrogens is 8. The smallest absolute Gasteiger partial charge is 0.161 e. The second kappa shape index (κ2) is 9.07. The Morgan fingerprint density at radius 1 is 0.811 bits per heavy atom. The van der Waals surface area contributed by atoms with Gasteiger partial charge in [0.2, 0.25) is 0 Å². The van der Waals surface area contributed by atoms with Crippen molar-refractivity contribution in [3.05, 3.63) is 67.3 Å². The van der Waals surface area contributed by atoms with Crippen molar-refractivity contribution in [2.24, 2.45) is 0 Å². The van der Waals surface area contributed by atoms with E-state index in [1.807, 2.05) is 42.5 Å². The molecule has 6 aromatic heterocycles. The second-order valence-electron chi connectivity index (χ2n) is 9.00. The average Bonchev–Trinajstić information content (AvgIpc) is 3.58. The molecule has 0 spiro atoms. The van der Waals surface area contributed by atoms with Crippen LogP contribution in [0, 0.1) is 0 Å². The molecule has 0 saturated carbocycles. The fraction of sp³-hybridized carbons (Fsp3) is 0.185. The van der Waals surface area contributed by atoms with Crippen LogP contribution in [0.1, 0.15) is 12.8 Å². The van der Waals surface area contributed by atoms with E-state index in [9.17, 15) is 0 Å². The Morgan fingerprint density at radius 3 is 2.62 bits per heavy atom. The summed E-state index contributed by atoms with van der Waals surface area (Å²) < 4.78 is 6.19. The molecule has 0 unspecified atom stereocenters. The highest BCUT2D eigenvalue weighted by atomic mass is 16.5. The maximum atomic E-state index is 6.19. The lowest BCUT2D eigenvalue weighted by molar-refractivity contribution is 0.162. The van der Waals surface area contributed by atoms with Crippen LogP contribution in [0.5, 0.6) is 5.75 Å². The van der Waals surface area contributed by atoms with E-state index in [0.717, 1.165) is 65.2 Å². The Morgan fingerprint density at radius 2 is 1.73 bits per heavy atom. The van der Waals surface area contributed by atoms with Gasteiger partial charge in [-0.25, -0.2) is 9.97 Å². The first kappa shape index (κ1) is 21.6. The van der Waals surface area contributed by atoms with E-state index in [1.165, 1.54) is 0 Å². The Kier molecular flexibility index (Phi) is 5.29. The van der Waals surface area contributed by atoms with Crippen LogP contribution in [0.2, 0.25) is 0 Å². The zero-order chi connectivity index (χ0) is 24.6. The Bertz CT molecular complexity index is 1700. The minimum absolute atomic E-state index is 0.202. The number of imidazole rings is 1. The van der Waals surface area contributed by atoms with Crippen LogP contribution in [0.3, 0.4) is 0 Å². The molecule has 3 N–H and O–H groups in total. The van der Waals surface area contributed by atoms with Gasteiger partial charge in [0.15, 0.2) is 11.5 Å². The molecule has 0 radical (unpaired) electrons. The van der Waals surface area contributed by atoms with Crippen LogP contribution in [0.25, 0.3) is 56.2 Å². The highest BCUT2D eigenvalue weighted by Crippen LogP contribution is 2.31. The quantitative estimate of drug-likeness (QED) is 0.329. The third-order valence-corrected chi connectivity index (χ3v) is 6.54. The van der Waals surface area contributed by atoms with Gasteiger partial charge in [0.25, 0.3) is 0 Å². The van der Waals surface area contributed by atoms with Gasteiger partial charge >= 0.3 is 0 Å². The van der Waals surface area contributed by atoms with Crippen molar-refractivity contribution in [1.82, 2.24) is 45.4 Å². The first-order valence-corrected chi connectivity index (χ1v) is 12.3. The fourth-order valence-electron chi connectivity index (χ4n) is 4.69. The van der Waals surface area contributed by atoms with Crippen molar-refractivity contribution in [3.63, 3.8) is 0 Å². The molecule has 182 valence electrons. The normalized spacial score (nSPS) is 14.4. The lowest BCUT2D eigenvalue weighted by Gasteiger charge is -2.23. The molecule has 37 heavy (non-hydrogen) atoms. The van der Waals surface area contributed by atoms with E-state index >= 15 is 0 Å². The van der Waals surface area contributed by atoms with E-state index in [0.29, 0.717) is 22.7 Å². The van der Waals surface area contributed by atoms with Gasteiger partial charge in [0.1, 0.15) is 28.6 Å². The first-order chi connectivity index (χ1) is 18.3. The summed E-state index contributed by atoms with van der Waals surface area (Å²) in [6, 6.07) is 13.6. The van der Waals surface area contributed by atoms with Gasteiger partial charge in [-0.15, -0.1) is 0 Å². The van der Waals surface area contributed by atoms with Crippen molar-refractivity contribution in [2.45, 2.75) is 18.9 Å². The van der Waals surface area contributed by atoms with Crippen LogP contribution in [-0.4, -0.2) is 59.3 Å². The molecule has 7 heterocycles. The van der Waals surface area contributed by atoms with Crippen molar-refractivity contribution >= 4 is 22.1 Å². The summed E-state index contributed by atoms with van der Waals surface area (Å²) in [5.41, 5.74) is 6.89. The summed E-state index contributed by atoms with van der Waals surface area (Å²) in [5, 5.41) is 11.0. The number of rotatable bonds is 5. The summed E-state index contributed by atoms with van der Waals surface area (Å²) in [5.74, 6) is 1.36. The molecule has 1 fully saturated rings. The van der Waals surface area contributed by atoms with Gasteiger partial charge in [-0.2, -0.15) is 5.10 Å². The fourth-order valence-corrected chi connectivity index (χ4v) is 4.69. The molecule has 0 aliphatic carbocycles. The van der Waals surface area contributed by atoms with E-state index < -0.39 is 0 Å². The van der Waals surface area contributed by atoms with Crippen LogP contribution < -0.4 is 10.1 Å². The molecule has 0 atom stereocenters. The summed E-state index contributed by atoms with van der Waals surface area (Å²) in [4.78, 5) is 26.5. The van der Waals surface area contributed by atoms with Crippen LogP contribution in [0.4, 0.5) is 0 Å². The SMILES string of the molecule is c1ccc(-c2nccc3[nH]c(-c4n[nH]c5ccc(-c6cncc(OC7CCNCC7)c6)nc45)nc23)nc1. The zero-order valence-electron chi connectivity index (χ0n) is 19.8. The number of H-pyrrole nitrogens is 2. The highest BCUT2D eigenvalue weighted by molar-refractivity contribution is 5.94. The topological polar surface area (TPSA) is 130 Å². The molecule has 1 aliphatic rings. The molecule has 7 rings (SSSR count). The summed E-state index contributed by atoms with van der Waals surface area (Å²) >= 11 is 0. The monoisotopic (exact) mass is 489 g/mol. The Balaban J connectivity index is 1.26. The summed E-state index contributed by atoms with van der Waals surface area (Å²) in [6.07, 6.45) is 9.23. The third-order valence-electron chi connectivity index (χ3n) is 6.54. The van der Waals surface area contributed by atoms with Crippen molar-refractivity contribution in [1.29, 1.82) is 0 Å². The van der Waals surface area contributed by atoms with Gasteiger partial charge in [-0.05, 0) is 62.3 Å². The highest BCUT2D eigenvalue weighted by Gasteiger charge is 2.18. The number of pyridine rings is 4. The van der Waals surface area contributed by atoms with Crippen molar-refractivity contribution in [3.8, 4) is 39.9 Å². The van der Waals surface area contributed by atoms with Crippen molar-refractivity contribution < 1.29 is 4.74 Å². The molecule has 10 nitrogen and oxygen atoms in total. The molecule has 1 saturated heterocycles. The number of nitrogens with zero attached hydrogens (tertiary/aromatic N) is 6. The molecule has 0 amide bonds. The van der Waals surface area contributed by atoms with Crippen LogP contribution in [-0.2, 0) is 0 Å². The van der Waals surface area contributed by atoms with Gasteiger partial charge in [0.05, 0.1) is 28.6 Å². The van der Waals surface area contributed by atoms with Gasteiger partial charge in [0, 0.05) is 24.2 Å². The average molecular weight is 490 g/mol. The Labute approximate surface area is 211 Å². The number of nitrogens with one attached hydrogen (secondary N) is 3. The predicted octanol–water partition coefficient (Wildman–Crippen LogP) is 4.15. The van der Waals surface area contributed by atoms with Gasteiger partial charge in [-0.3, -0.25) is 20.1 Å². The lowest BCUT2D eigenvalue weighted by Crippen LogP contribution is -2.34. The van der Waals surface area contributed by atoms with Gasteiger partial charge in [-0.1, -0.05) is 6.07 Å². The number of piperidine rings is 1. The number of aromatic amines is 2. The molecule has 1 aliphatic heterocycles. The molecule has 0 aromatic carbocycles. The van der Waals surface area contributed by atoms with Gasteiger partial charge < -0.3 is 15.0 Å². The molecule has 0 bridgehead atoms. The number of ether oxygens (including phenoxy) is 1. The molecular formula is C27H23N9O. The second-order valence-corrected chi connectivity index (χ2v) is 9.00. The Hall–Kier alpha value is -4.70. The number of hydrogen-bond acceptors (Lipinski definition) is 8. The largest absolute Gasteiger partial charge is 0.489 e.